The third-order valence-electron chi connectivity index (χ3n) is 3.10. The maximum absolute atomic E-state index is 10.7. The molecule has 0 bridgehead atoms. The van der Waals surface area contributed by atoms with Gasteiger partial charge in [-0.15, -0.1) is 11.3 Å². The molecule has 1 heterocycles. The fraction of sp³-hybridized carbons (Fsp3) is 0.286. The SMILES string of the molecule is CCNC(Cc1ccc([N+](=O)[O-])cc1)c1cc(Cl)sc1Cl. The lowest BCUT2D eigenvalue weighted by Crippen LogP contribution is -2.22. The van der Waals surface area contributed by atoms with Crippen LogP contribution in [-0.4, -0.2) is 11.5 Å². The van der Waals surface area contributed by atoms with Crippen LogP contribution in [0.15, 0.2) is 30.3 Å². The number of rotatable bonds is 6. The minimum atomic E-state index is -0.402. The largest absolute Gasteiger partial charge is 0.310 e. The van der Waals surface area contributed by atoms with E-state index in [0.717, 1.165) is 17.7 Å². The van der Waals surface area contributed by atoms with Gasteiger partial charge in [0, 0.05) is 23.7 Å². The number of nitrogens with zero attached hydrogens (tertiary/aromatic N) is 1. The molecule has 21 heavy (non-hydrogen) atoms. The van der Waals surface area contributed by atoms with Gasteiger partial charge >= 0.3 is 0 Å². The zero-order valence-corrected chi connectivity index (χ0v) is 13.6. The Morgan fingerprint density at radius 2 is 2.00 bits per heavy atom. The quantitative estimate of drug-likeness (QED) is 0.601. The van der Waals surface area contributed by atoms with Gasteiger partial charge < -0.3 is 5.32 Å². The Bertz CT molecular complexity index is 628. The van der Waals surface area contributed by atoms with Crippen molar-refractivity contribution in [1.29, 1.82) is 0 Å². The minimum Gasteiger partial charge on any atom is -0.310 e. The molecule has 0 fully saturated rings. The van der Waals surface area contributed by atoms with Crippen molar-refractivity contribution in [2.24, 2.45) is 0 Å². The molecule has 0 spiro atoms. The van der Waals surface area contributed by atoms with E-state index in [2.05, 4.69) is 5.32 Å². The summed E-state index contributed by atoms with van der Waals surface area (Å²) in [5.41, 5.74) is 2.06. The lowest BCUT2D eigenvalue weighted by atomic mass is 10.0. The molecule has 1 unspecified atom stereocenters. The zero-order valence-electron chi connectivity index (χ0n) is 11.3. The molecule has 1 N–H and O–H groups in total. The van der Waals surface area contributed by atoms with Crippen LogP contribution in [0.1, 0.15) is 24.1 Å². The number of hydrogen-bond donors (Lipinski definition) is 1. The molecular formula is C14H14Cl2N2O2S. The lowest BCUT2D eigenvalue weighted by Gasteiger charge is -2.17. The molecule has 2 aromatic rings. The van der Waals surface area contributed by atoms with E-state index in [1.54, 1.807) is 12.1 Å². The fourth-order valence-electron chi connectivity index (χ4n) is 2.12. The molecule has 0 aliphatic carbocycles. The van der Waals surface area contributed by atoms with Crippen LogP contribution in [0, 0.1) is 10.1 Å². The van der Waals surface area contributed by atoms with Crippen LogP contribution >= 0.6 is 34.5 Å². The Hall–Kier alpha value is -1.14. The van der Waals surface area contributed by atoms with E-state index in [4.69, 9.17) is 23.2 Å². The summed E-state index contributed by atoms with van der Waals surface area (Å²) in [4.78, 5) is 10.3. The molecule has 0 amide bonds. The normalized spacial score (nSPS) is 12.3. The van der Waals surface area contributed by atoms with Crippen LogP contribution in [-0.2, 0) is 6.42 Å². The molecule has 0 saturated heterocycles. The summed E-state index contributed by atoms with van der Waals surface area (Å²) in [6.07, 6.45) is 0.693. The molecule has 0 aliphatic heterocycles. The van der Waals surface area contributed by atoms with Gasteiger partial charge in [0.2, 0.25) is 0 Å². The van der Waals surface area contributed by atoms with Gasteiger partial charge in [-0.2, -0.15) is 0 Å². The van der Waals surface area contributed by atoms with Gasteiger partial charge in [-0.1, -0.05) is 42.3 Å². The van der Waals surface area contributed by atoms with E-state index in [1.807, 2.05) is 13.0 Å². The van der Waals surface area contributed by atoms with Crippen LogP contribution in [0.4, 0.5) is 5.69 Å². The van der Waals surface area contributed by atoms with E-state index in [-0.39, 0.29) is 11.7 Å². The second kappa shape index (κ2) is 7.22. The number of non-ortho nitro benzene ring substituents is 1. The van der Waals surface area contributed by atoms with E-state index < -0.39 is 4.92 Å². The van der Waals surface area contributed by atoms with Crippen LogP contribution in [0.2, 0.25) is 8.67 Å². The molecule has 0 saturated carbocycles. The third kappa shape index (κ3) is 4.17. The summed E-state index contributed by atoms with van der Waals surface area (Å²) in [7, 11) is 0. The first kappa shape index (κ1) is 16.2. The number of benzene rings is 1. The van der Waals surface area contributed by atoms with Gasteiger partial charge in [-0.25, -0.2) is 0 Å². The number of nitro benzene ring substituents is 1. The standard InChI is InChI=1S/C14H14Cl2N2O2S/c1-2-17-12(11-8-13(15)21-14(11)16)7-9-3-5-10(6-4-9)18(19)20/h3-6,8,12,17H,2,7H2,1H3. The summed E-state index contributed by atoms with van der Waals surface area (Å²) in [5, 5.41) is 14.0. The van der Waals surface area contributed by atoms with Crippen LogP contribution < -0.4 is 5.32 Å². The number of thiophene rings is 1. The maximum atomic E-state index is 10.7. The number of nitro groups is 1. The molecule has 1 aromatic heterocycles. The highest BCUT2D eigenvalue weighted by Gasteiger charge is 2.17. The van der Waals surface area contributed by atoms with Crippen molar-refractivity contribution in [2.75, 3.05) is 6.54 Å². The van der Waals surface area contributed by atoms with Crippen LogP contribution in [0.3, 0.4) is 0 Å². The molecule has 2 rings (SSSR count). The first-order valence-corrected chi connectivity index (χ1v) is 8.00. The number of nitrogens with one attached hydrogen (secondary N) is 1. The van der Waals surface area contributed by atoms with Crippen molar-refractivity contribution in [3.05, 3.63) is 60.2 Å². The van der Waals surface area contributed by atoms with Crippen molar-refractivity contribution in [2.45, 2.75) is 19.4 Å². The van der Waals surface area contributed by atoms with Crippen molar-refractivity contribution in [3.8, 4) is 0 Å². The maximum Gasteiger partial charge on any atom is 0.269 e. The average Bonchev–Trinajstić information content (AvgIpc) is 2.78. The van der Waals surface area contributed by atoms with E-state index in [9.17, 15) is 10.1 Å². The molecular weight excluding hydrogens is 331 g/mol. The highest BCUT2D eigenvalue weighted by Crippen LogP contribution is 2.36. The number of likely N-dealkylation sites (N-methyl/N-ethyl adjacent to an activating group) is 1. The summed E-state index contributed by atoms with van der Waals surface area (Å²) >= 11 is 13.6. The first-order valence-electron chi connectivity index (χ1n) is 6.42. The summed E-state index contributed by atoms with van der Waals surface area (Å²) in [6, 6.07) is 8.47. The Balaban J connectivity index is 2.20. The number of halogens is 2. The second-order valence-electron chi connectivity index (χ2n) is 4.52. The molecule has 1 atom stereocenters. The Morgan fingerprint density at radius 3 is 2.48 bits per heavy atom. The molecule has 0 aliphatic rings. The smallest absolute Gasteiger partial charge is 0.269 e. The zero-order chi connectivity index (χ0) is 15.4. The van der Waals surface area contributed by atoms with Gasteiger partial charge in [0.25, 0.3) is 5.69 Å². The van der Waals surface area contributed by atoms with Gasteiger partial charge in [-0.3, -0.25) is 10.1 Å². The molecule has 7 heteroatoms. The van der Waals surface area contributed by atoms with Crippen molar-refractivity contribution < 1.29 is 4.92 Å². The van der Waals surface area contributed by atoms with Gasteiger partial charge in [-0.05, 0) is 24.6 Å². The molecule has 0 radical (unpaired) electrons. The number of hydrogen-bond acceptors (Lipinski definition) is 4. The van der Waals surface area contributed by atoms with Gasteiger partial charge in [0.15, 0.2) is 0 Å². The lowest BCUT2D eigenvalue weighted by molar-refractivity contribution is -0.384. The van der Waals surface area contributed by atoms with Crippen LogP contribution in [0.25, 0.3) is 0 Å². The second-order valence-corrected chi connectivity index (χ2v) is 6.80. The Morgan fingerprint density at radius 1 is 1.33 bits per heavy atom. The summed E-state index contributed by atoms with van der Waals surface area (Å²) in [6.45, 7) is 2.81. The predicted octanol–water partition coefficient (Wildman–Crippen LogP) is 4.86. The monoisotopic (exact) mass is 344 g/mol. The van der Waals surface area contributed by atoms with E-state index in [1.165, 1.54) is 23.5 Å². The Kier molecular flexibility index (Phi) is 5.58. The van der Waals surface area contributed by atoms with Crippen LogP contribution in [0.5, 0.6) is 0 Å². The fourth-order valence-corrected chi connectivity index (χ4v) is 3.70. The molecule has 4 nitrogen and oxygen atoms in total. The van der Waals surface area contributed by atoms with Crippen molar-refractivity contribution in [1.82, 2.24) is 5.32 Å². The van der Waals surface area contributed by atoms with E-state index >= 15 is 0 Å². The predicted molar refractivity (Wildman–Crippen MR) is 87.6 cm³/mol. The average molecular weight is 345 g/mol. The van der Waals surface area contributed by atoms with E-state index in [0.29, 0.717) is 15.1 Å². The van der Waals surface area contributed by atoms with Gasteiger partial charge in [0.05, 0.1) is 13.6 Å². The molecule has 1 aromatic carbocycles. The first-order chi connectivity index (χ1) is 10.0. The third-order valence-corrected chi connectivity index (χ3v) is 4.61. The topological polar surface area (TPSA) is 55.2 Å². The summed E-state index contributed by atoms with van der Waals surface area (Å²) < 4.78 is 1.33. The van der Waals surface area contributed by atoms with Gasteiger partial charge in [0.1, 0.15) is 0 Å². The minimum absolute atomic E-state index is 0.0349. The Labute approximate surface area is 136 Å². The van der Waals surface area contributed by atoms with Crippen molar-refractivity contribution >= 4 is 40.2 Å². The van der Waals surface area contributed by atoms with Crippen molar-refractivity contribution in [3.63, 3.8) is 0 Å². The highest BCUT2D eigenvalue weighted by atomic mass is 35.5. The molecule has 112 valence electrons. The highest BCUT2D eigenvalue weighted by molar-refractivity contribution is 7.20. The summed E-state index contributed by atoms with van der Waals surface area (Å²) in [5.74, 6) is 0.